The summed E-state index contributed by atoms with van der Waals surface area (Å²) in [4.78, 5) is 0. The first-order chi connectivity index (χ1) is 12.0. The number of hydrogen-bond acceptors (Lipinski definition) is 5. The van der Waals surface area contributed by atoms with Crippen molar-refractivity contribution in [2.24, 2.45) is 17.2 Å². The van der Waals surface area contributed by atoms with Crippen LogP contribution in [0.3, 0.4) is 0 Å². The van der Waals surface area contributed by atoms with Gasteiger partial charge < -0.3 is 17.2 Å². The van der Waals surface area contributed by atoms with Crippen molar-refractivity contribution >= 4 is 5.57 Å². The SMILES string of the molecule is CC(C)(C)c1ccccc1C(=CC#N)c1ccn[nH]1.CN.CN.CN. The first-order valence-electron chi connectivity index (χ1n) is 7.96. The topological polar surface area (TPSA) is 131 Å². The Labute approximate surface area is 151 Å². The lowest BCUT2D eigenvalue weighted by molar-refractivity contribution is 0.588. The minimum Gasteiger partial charge on any atom is -0.333 e. The van der Waals surface area contributed by atoms with Gasteiger partial charge in [-0.1, -0.05) is 45.0 Å². The third-order valence-corrected chi connectivity index (χ3v) is 3.03. The minimum atomic E-state index is 0.0190. The van der Waals surface area contributed by atoms with Crippen molar-refractivity contribution in [3.8, 4) is 6.07 Å². The molecule has 7 N–H and O–H groups in total. The number of allylic oxidation sites excluding steroid dienone is 1. The van der Waals surface area contributed by atoms with E-state index in [0.29, 0.717) is 0 Å². The number of nitrogens with two attached hydrogens (primary N) is 3. The fourth-order valence-electron chi connectivity index (χ4n) is 2.14. The van der Waals surface area contributed by atoms with Gasteiger partial charge in [0.1, 0.15) is 0 Å². The summed E-state index contributed by atoms with van der Waals surface area (Å²) in [5, 5.41) is 15.9. The van der Waals surface area contributed by atoms with Gasteiger partial charge in [-0.2, -0.15) is 10.4 Å². The molecular weight excluding hydrogens is 312 g/mol. The molecule has 1 aromatic heterocycles. The molecule has 0 amide bonds. The van der Waals surface area contributed by atoms with Crippen LogP contribution in [-0.2, 0) is 5.41 Å². The van der Waals surface area contributed by atoms with Crippen molar-refractivity contribution in [1.82, 2.24) is 10.2 Å². The van der Waals surface area contributed by atoms with Crippen LogP contribution in [0.15, 0.2) is 42.6 Å². The van der Waals surface area contributed by atoms with E-state index in [1.54, 1.807) is 12.3 Å². The summed E-state index contributed by atoms with van der Waals surface area (Å²) < 4.78 is 0. The van der Waals surface area contributed by atoms with Crippen LogP contribution in [-0.4, -0.2) is 31.3 Å². The number of aromatic nitrogens is 2. The monoisotopic (exact) mass is 344 g/mol. The number of nitrogens with zero attached hydrogens (tertiary/aromatic N) is 2. The minimum absolute atomic E-state index is 0.0190. The van der Waals surface area contributed by atoms with Gasteiger partial charge in [-0.3, -0.25) is 5.10 Å². The summed E-state index contributed by atoms with van der Waals surface area (Å²) in [6, 6.07) is 12.2. The van der Waals surface area contributed by atoms with Crippen molar-refractivity contribution < 1.29 is 0 Å². The van der Waals surface area contributed by atoms with E-state index in [9.17, 15) is 0 Å². The highest BCUT2D eigenvalue weighted by Crippen LogP contribution is 2.32. The molecule has 6 heteroatoms. The van der Waals surface area contributed by atoms with E-state index in [-0.39, 0.29) is 5.41 Å². The van der Waals surface area contributed by atoms with E-state index in [4.69, 9.17) is 5.26 Å². The van der Waals surface area contributed by atoms with Gasteiger partial charge in [0.2, 0.25) is 0 Å². The smallest absolute Gasteiger partial charge is 0.0919 e. The van der Waals surface area contributed by atoms with Crippen molar-refractivity contribution in [2.45, 2.75) is 26.2 Å². The van der Waals surface area contributed by atoms with Gasteiger partial charge in [0.05, 0.1) is 11.8 Å². The second-order valence-corrected chi connectivity index (χ2v) is 5.45. The van der Waals surface area contributed by atoms with Crippen molar-refractivity contribution in [2.75, 3.05) is 21.1 Å². The quantitative estimate of drug-likeness (QED) is 0.621. The number of aromatic amines is 1. The molecular formula is C19H32N6. The lowest BCUT2D eigenvalue weighted by atomic mass is 9.81. The van der Waals surface area contributed by atoms with Crippen molar-refractivity contribution in [3.05, 3.63) is 59.4 Å². The molecule has 0 fully saturated rings. The number of nitriles is 1. The van der Waals surface area contributed by atoms with E-state index in [1.165, 1.54) is 26.7 Å². The largest absolute Gasteiger partial charge is 0.333 e. The van der Waals surface area contributed by atoms with Crippen LogP contribution in [0.4, 0.5) is 0 Å². The van der Waals surface area contributed by atoms with Crippen molar-refractivity contribution in [1.29, 1.82) is 5.26 Å². The summed E-state index contributed by atoms with van der Waals surface area (Å²) in [5.74, 6) is 0. The van der Waals surface area contributed by atoms with Gasteiger partial charge in [0.25, 0.3) is 0 Å². The summed E-state index contributed by atoms with van der Waals surface area (Å²) in [6.07, 6.45) is 3.26. The van der Waals surface area contributed by atoms with Crippen LogP contribution in [0.25, 0.3) is 5.57 Å². The molecule has 2 aromatic rings. The molecule has 0 saturated heterocycles. The Morgan fingerprint density at radius 3 is 2.04 bits per heavy atom. The highest BCUT2D eigenvalue weighted by atomic mass is 15.1. The Morgan fingerprint density at radius 2 is 1.60 bits per heavy atom. The first-order valence-corrected chi connectivity index (χ1v) is 7.96. The third kappa shape index (κ3) is 7.77. The molecule has 138 valence electrons. The van der Waals surface area contributed by atoms with Crippen LogP contribution >= 0.6 is 0 Å². The van der Waals surface area contributed by atoms with E-state index in [1.807, 2.05) is 24.3 Å². The highest BCUT2D eigenvalue weighted by Gasteiger charge is 2.20. The predicted molar refractivity (Wildman–Crippen MR) is 107 cm³/mol. The van der Waals surface area contributed by atoms with Crippen molar-refractivity contribution in [3.63, 3.8) is 0 Å². The lowest BCUT2D eigenvalue weighted by Gasteiger charge is -2.23. The van der Waals surface area contributed by atoms with Gasteiger partial charge in [0, 0.05) is 17.8 Å². The van der Waals surface area contributed by atoms with Gasteiger partial charge in [-0.05, 0) is 43.8 Å². The molecule has 25 heavy (non-hydrogen) atoms. The molecule has 0 aliphatic heterocycles. The van der Waals surface area contributed by atoms with E-state index >= 15 is 0 Å². The Kier molecular flexibility index (Phi) is 13.8. The average Bonchev–Trinajstić information content (AvgIpc) is 3.18. The van der Waals surface area contributed by atoms with Crippen LogP contribution < -0.4 is 17.2 Å². The summed E-state index contributed by atoms with van der Waals surface area (Å²) in [6.45, 7) is 6.51. The van der Waals surface area contributed by atoms with E-state index in [0.717, 1.165) is 16.8 Å². The fraction of sp³-hybridized carbons (Fsp3) is 0.368. The maximum absolute atomic E-state index is 9.03. The van der Waals surface area contributed by atoms with Gasteiger partial charge in [0.15, 0.2) is 0 Å². The molecule has 1 heterocycles. The van der Waals surface area contributed by atoms with Crippen LogP contribution in [0.2, 0.25) is 0 Å². The Hall–Kier alpha value is -2.46. The fourth-order valence-corrected chi connectivity index (χ4v) is 2.14. The number of hydrogen-bond donors (Lipinski definition) is 4. The molecule has 6 nitrogen and oxygen atoms in total. The molecule has 0 aliphatic carbocycles. The number of H-pyrrole nitrogens is 1. The van der Waals surface area contributed by atoms with Crippen LogP contribution in [0.5, 0.6) is 0 Å². The second-order valence-electron chi connectivity index (χ2n) is 5.45. The average molecular weight is 345 g/mol. The molecule has 0 atom stereocenters. The maximum Gasteiger partial charge on any atom is 0.0919 e. The molecule has 0 saturated carbocycles. The van der Waals surface area contributed by atoms with Gasteiger partial charge in [-0.25, -0.2) is 0 Å². The normalized spacial score (nSPS) is 10.0. The third-order valence-electron chi connectivity index (χ3n) is 3.03. The summed E-state index contributed by atoms with van der Waals surface area (Å²) >= 11 is 0. The zero-order valence-electron chi connectivity index (χ0n) is 16.2. The molecule has 0 spiro atoms. The summed E-state index contributed by atoms with van der Waals surface area (Å²) in [5.41, 5.74) is 17.5. The molecule has 2 rings (SSSR count). The summed E-state index contributed by atoms with van der Waals surface area (Å²) in [7, 11) is 4.50. The van der Waals surface area contributed by atoms with Crippen LogP contribution in [0, 0.1) is 11.3 Å². The highest BCUT2D eigenvalue weighted by molar-refractivity contribution is 5.81. The van der Waals surface area contributed by atoms with Crippen LogP contribution in [0.1, 0.15) is 37.6 Å². The number of benzene rings is 1. The molecule has 0 bridgehead atoms. The van der Waals surface area contributed by atoms with E-state index < -0.39 is 0 Å². The number of rotatable bonds is 2. The number of nitrogens with one attached hydrogen (secondary N) is 1. The van der Waals surface area contributed by atoms with Gasteiger partial charge >= 0.3 is 0 Å². The Bertz CT molecular complexity index is 631. The van der Waals surface area contributed by atoms with E-state index in [2.05, 4.69) is 60.3 Å². The Balaban J connectivity index is 0. The molecule has 1 aromatic carbocycles. The molecule has 0 aliphatic rings. The standard InChI is InChI=1S/C16H17N3.3CH5N/c1-16(2,3)14-7-5-4-6-12(14)13(8-10-17)15-9-11-18-19-15;3*1-2/h4-9,11H,1-3H3,(H,18,19);3*2H2,1H3. The maximum atomic E-state index is 9.03. The Morgan fingerprint density at radius 1 is 1.04 bits per heavy atom. The first kappa shape index (κ1) is 24.8. The lowest BCUT2D eigenvalue weighted by Crippen LogP contribution is -2.14. The zero-order chi connectivity index (χ0) is 19.9. The second kappa shape index (κ2) is 13.9. The van der Waals surface area contributed by atoms with Gasteiger partial charge in [-0.15, -0.1) is 0 Å². The predicted octanol–water partition coefficient (Wildman–Crippen LogP) is 2.39. The molecule has 0 unspecified atom stereocenters. The molecule has 0 radical (unpaired) electrons. The zero-order valence-corrected chi connectivity index (χ0v) is 16.2.